The molecule has 2 rings (SSSR count). The number of piperazine rings is 1. The van der Waals surface area contributed by atoms with Gasteiger partial charge in [-0.05, 0) is 18.6 Å². The molecule has 0 atom stereocenters. The Bertz CT molecular complexity index is 512. The van der Waals surface area contributed by atoms with E-state index in [0.717, 1.165) is 37.4 Å². The third-order valence-electron chi connectivity index (χ3n) is 3.63. The number of carbonyl (C=O) groups excluding carboxylic acids is 1. The van der Waals surface area contributed by atoms with Gasteiger partial charge in [0.1, 0.15) is 0 Å². The van der Waals surface area contributed by atoms with E-state index >= 15 is 0 Å². The normalized spacial score (nSPS) is 16.6. The maximum absolute atomic E-state index is 12.1. The number of para-hydroxylation sites is 1. The second kappa shape index (κ2) is 7.49. The Morgan fingerprint density at radius 2 is 1.76 bits per heavy atom. The highest BCUT2D eigenvalue weighted by molar-refractivity contribution is 7.80. The maximum Gasteiger partial charge on any atom is 0.238 e. The Morgan fingerprint density at radius 1 is 1.19 bits per heavy atom. The van der Waals surface area contributed by atoms with Gasteiger partial charge in [0, 0.05) is 38.4 Å². The van der Waals surface area contributed by atoms with E-state index < -0.39 is 0 Å². The lowest BCUT2D eigenvalue weighted by Crippen LogP contribution is -2.50. The first-order valence-electron chi connectivity index (χ1n) is 7.13. The van der Waals surface area contributed by atoms with Crippen LogP contribution in [0.15, 0.2) is 24.3 Å². The first-order valence-corrected chi connectivity index (χ1v) is 7.54. The van der Waals surface area contributed by atoms with Gasteiger partial charge >= 0.3 is 0 Å². The number of hydrogen-bond acceptors (Lipinski definition) is 4. The lowest BCUT2D eigenvalue weighted by atomic mass is 10.2. The average molecular weight is 306 g/mol. The molecular weight excluding hydrogens is 284 g/mol. The number of aryl methyl sites for hydroxylation is 1. The van der Waals surface area contributed by atoms with Crippen LogP contribution in [-0.4, -0.2) is 60.0 Å². The second-order valence-electron chi connectivity index (χ2n) is 5.38. The van der Waals surface area contributed by atoms with E-state index in [1.54, 1.807) is 0 Å². The Labute approximate surface area is 131 Å². The van der Waals surface area contributed by atoms with Crippen LogP contribution in [0.2, 0.25) is 0 Å². The van der Waals surface area contributed by atoms with Crippen molar-refractivity contribution < 1.29 is 4.79 Å². The van der Waals surface area contributed by atoms with Crippen molar-refractivity contribution >= 4 is 28.8 Å². The van der Waals surface area contributed by atoms with E-state index in [0.29, 0.717) is 18.1 Å². The number of rotatable bonds is 5. The summed E-state index contributed by atoms with van der Waals surface area (Å²) in [6, 6.07) is 7.81. The van der Waals surface area contributed by atoms with Crippen LogP contribution in [0.5, 0.6) is 0 Å². The van der Waals surface area contributed by atoms with Crippen LogP contribution >= 0.6 is 12.2 Å². The first-order chi connectivity index (χ1) is 10.0. The van der Waals surface area contributed by atoms with E-state index in [4.69, 9.17) is 18.0 Å². The molecule has 1 heterocycles. The van der Waals surface area contributed by atoms with Crippen molar-refractivity contribution in [3.8, 4) is 0 Å². The van der Waals surface area contributed by atoms with E-state index in [1.807, 2.05) is 31.2 Å². The van der Waals surface area contributed by atoms with Crippen LogP contribution in [0.4, 0.5) is 5.69 Å². The first kappa shape index (κ1) is 15.9. The summed E-state index contributed by atoms with van der Waals surface area (Å²) in [5, 5.41) is 2.97. The van der Waals surface area contributed by atoms with Crippen molar-refractivity contribution in [2.45, 2.75) is 6.92 Å². The van der Waals surface area contributed by atoms with Crippen LogP contribution in [0.25, 0.3) is 0 Å². The standard InChI is InChI=1S/C15H22N4OS/c1-12-4-2-3-5-13(12)17-15(20)11-19-8-6-18(7-9-19)10-14(16)21/h2-5H,6-11H2,1H3,(H2,16,21)(H,17,20). The van der Waals surface area contributed by atoms with Crippen molar-refractivity contribution in [1.82, 2.24) is 9.80 Å². The number of nitrogens with zero attached hydrogens (tertiary/aromatic N) is 2. The van der Waals surface area contributed by atoms with Crippen LogP contribution in [-0.2, 0) is 4.79 Å². The lowest BCUT2D eigenvalue weighted by Gasteiger charge is -2.33. The topological polar surface area (TPSA) is 61.6 Å². The molecule has 1 aliphatic heterocycles. The van der Waals surface area contributed by atoms with Gasteiger partial charge in [0.2, 0.25) is 5.91 Å². The lowest BCUT2D eigenvalue weighted by molar-refractivity contribution is -0.117. The molecule has 0 aliphatic carbocycles. The average Bonchev–Trinajstić information content (AvgIpc) is 2.43. The minimum atomic E-state index is 0.0343. The van der Waals surface area contributed by atoms with E-state index in [9.17, 15) is 4.79 Å². The summed E-state index contributed by atoms with van der Waals surface area (Å²) in [7, 11) is 0. The van der Waals surface area contributed by atoms with Crippen LogP contribution in [0.3, 0.4) is 0 Å². The number of hydrogen-bond donors (Lipinski definition) is 2. The molecule has 114 valence electrons. The van der Waals surface area contributed by atoms with E-state index in [1.165, 1.54) is 0 Å². The molecule has 1 aromatic carbocycles. The molecule has 0 spiro atoms. The Morgan fingerprint density at radius 3 is 2.33 bits per heavy atom. The molecule has 3 N–H and O–H groups in total. The molecule has 21 heavy (non-hydrogen) atoms. The molecular formula is C15H22N4OS. The molecule has 1 amide bonds. The Balaban J connectivity index is 1.77. The fourth-order valence-corrected chi connectivity index (χ4v) is 2.61. The molecule has 5 nitrogen and oxygen atoms in total. The highest BCUT2D eigenvalue weighted by atomic mass is 32.1. The predicted octanol–water partition coefficient (Wildman–Crippen LogP) is 0.837. The quantitative estimate of drug-likeness (QED) is 0.789. The largest absolute Gasteiger partial charge is 0.392 e. The van der Waals surface area contributed by atoms with Crippen molar-refractivity contribution in [2.24, 2.45) is 5.73 Å². The van der Waals surface area contributed by atoms with Gasteiger partial charge in [0.05, 0.1) is 11.5 Å². The van der Waals surface area contributed by atoms with Gasteiger partial charge in [-0.25, -0.2) is 0 Å². The molecule has 0 saturated carbocycles. The SMILES string of the molecule is Cc1ccccc1NC(=O)CN1CCN(CC(N)=S)CC1. The summed E-state index contributed by atoms with van der Waals surface area (Å²) in [6.45, 7) is 6.61. The van der Waals surface area contributed by atoms with Crippen molar-refractivity contribution in [2.75, 3.05) is 44.6 Å². The number of nitrogens with one attached hydrogen (secondary N) is 1. The second-order valence-corrected chi connectivity index (χ2v) is 5.91. The number of nitrogens with two attached hydrogens (primary N) is 1. The highest BCUT2D eigenvalue weighted by Crippen LogP contribution is 2.13. The number of anilines is 1. The van der Waals surface area contributed by atoms with Gasteiger partial charge in [0.25, 0.3) is 0 Å². The molecule has 1 fully saturated rings. The summed E-state index contributed by atoms with van der Waals surface area (Å²) in [5.41, 5.74) is 7.51. The van der Waals surface area contributed by atoms with E-state index in [-0.39, 0.29) is 5.91 Å². The summed E-state index contributed by atoms with van der Waals surface area (Å²) in [4.78, 5) is 17.0. The number of benzene rings is 1. The highest BCUT2D eigenvalue weighted by Gasteiger charge is 2.19. The summed E-state index contributed by atoms with van der Waals surface area (Å²) in [6.07, 6.45) is 0. The Kier molecular flexibility index (Phi) is 5.67. The Hall–Kier alpha value is -1.50. The van der Waals surface area contributed by atoms with Gasteiger partial charge in [-0.3, -0.25) is 14.6 Å². The smallest absolute Gasteiger partial charge is 0.238 e. The summed E-state index contributed by atoms with van der Waals surface area (Å²) in [5.74, 6) is 0.0343. The van der Waals surface area contributed by atoms with Crippen LogP contribution < -0.4 is 11.1 Å². The van der Waals surface area contributed by atoms with Crippen LogP contribution in [0, 0.1) is 6.92 Å². The summed E-state index contributed by atoms with van der Waals surface area (Å²) >= 11 is 4.92. The summed E-state index contributed by atoms with van der Waals surface area (Å²) < 4.78 is 0. The van der Waals surface area contributed by atoms with Gasteiger partial charge < -0.3 is 11.1 Å². The maximum atomic E-state index is 12.1. The zero-order chi connectivity index (χ0) is 15.2. The minimum absolute atomic E-state index is 0.0343. The van der Waals surface area contributed by atoms with Crippen molar-refractivity contribution in [3.05, 3.63) is 29.8 Å². The predicted molar refractivity (Wildman–Crippen MR) is 89.5 cm³/mol. The van der Waals surface area contributed by atoms with Gasteiger partial charge in [-0.2, -0.15) is 0 Å². The zero-order valence-corrected chi connectivity index (χ0v) is 13.2. The monoisotopic (exact) mass is 306 g/mol. The van der Waals surface area contributed by atoms with Crippen molar-refractivity contribution in [3.63, 3.8) is 0 Å². The number of carbonyl (C=O) groups is 1. The fourth-order valence-electron chi connectivity index (χ4n) is 2.43. The molecule has 0 radical (unpaired) electrons. The molecule has 1 aliphatic rings. The number of thiocarbonyl (C=S) groups is 1. The van der Waals surface area contributed by atoms with Gasteiger partial charge in [-0.1, -0.05) is 30.4 Å². The van der Waals surface area contributed by atoms with Crippen molar-refractivity contribution in [1.29, 1.82) is 0 Å². The molecule has 0 unspecified atom stereocenters. The van der Waals surface area contributed by atoms with E-state index in [2.05, 4.69) is 15.1 Å². The molecule has 1 aromatic rings. The van der Waals surface area contributed by atoms with Gasteiger partial charge in [-0.15, -0.1) is 0 Å². The molecule has 0 bridgehead atoms. The zero-order valence-electron chi connectivity index (χ0n) is 12.3. The molecule has 1 saturated heterocycles. The van der Waals surface area contributed by atoms with Gasteiger partial charge in [0.15, 0.2) is 0 Å². The van der Waals surface area contributed by atoms with Crippen LogP contribution in [0.1, 0.15) is 5.56 Å². The third-order valence-corrected chi connectivity index (χ3v) is 3.76. The third kappa shape index (κ3) is 5.08. The molecule has 6 heteroatoms. The molecule has 0 aromatic heterocycles. The number of amides is 1. The minimum Gasteiger partial charge on any atom is -0.392 e. The fraction of sp³-hybridized carbons (Fsp3) is 0.467.